The third-order valence-corrected chi connectivity index (χ3v) is 5.33. The Balaban J connectivity index is 1.50. The van der Waals surface area contributed by atoms with Crippen molar-refractivity contribution in [3.63, 3.8) is 0 Å². The van der Waals surface area contributed by atoms with E-state index in [0.717, 1.165) is 51.1 Å². The number of hydrogen-bond donors (Lipinski definition) is 1. The van der Waals surface area contributed by atoms with Crippen LogP contribution in [-0.2, 0) is 11.2 Å². The third-order valence-electron chi connectivity index (χ3n) is 5.33. The normalized spacial score (nSPS) is 16.8. The largest absolute Gasteiger partial charge is 0.489 e. The first kappa shape index (κ1) is 19.4. The summed E-state index contributed by atoms with van der Waals surface area (Å²) in [4.78, 5) is 13.4. The second-order valence-electron chi connectivity index (χ2n) is 7.37. The number of rotatable bonds is 8. The van der Waals surface area contributed by atoms with Crippen molar-refractivity contribution in [1.82, 2.24) is 4.90 Å². The molecule has 1 unspecified atom stereocenters. The zero-order valence-electron chi connectivity index (χ0n) is 16.0. The van der Waals surface area contributed by atoms with Crippen LogP contribution in [0.4, 0.5) is 0 Å². The zero-order chi connectivity index (χ0) is 19.1. The lowest BCUT2D eigenvalue weighted by atomic mass is 9.97. The minimum Gasteiger partial charge on any atom is -0.489 e. The maximum atomic E-state index is 11.1. The molecule has 0 aliphatic carbocycles. The molecule has 1 fully saturated rings. The van der Waals surface area contributed by atoms with Gasteiger partial charge in [0.15, 0.2) is 0 Å². The first-order valence-corrected chi connectivity index (χ1v) is 9.88. The number of ether oxygens (including phenoxy) is 1. The molecule has 0 saturated carbocycles. The van der Waals surface area contributed by atoms with Gasteiger partial charge in [-0.3, -0.25) is 9.69 Å². The Bertz CT molecular complexity index is 706. The molecule has 0 spiro atoms. The fraction of sp³-hybridized carbons (Fsp3) is 0.435. The summed E-state index contributed by atoms with van der Waals surface area (Å²) in [5.41, 5.74) is 2.58. The number of benzene rings is 2. The van der Waals surface area contributed by atoms with E-state index in [-0.39, 0.29) is 12.0 Å². The van der Waals surface area contributed by atoms with Gasteiger partial charge in [0.25, 0.3) is 0 Å². The van der Waals surface area contributed by atoms with Gasteiger partial charge in [0, 0.05) is 6.54 Å². The molecule has 27 heavy (non-hydrogen) atoms. The predicted molar refractivity (Wildman–Crippen MR) is 107 cm³/mol. The summed E-state index contributed by atoms with van der Waals surface area (Å²) in [5.74, 6) is 0.0621. The second kappa shape index (κ2) is 9.56. The summed E-state index contributed by atoms with van der Waals surface area (Å²) >= 11 is 0. The Kier molecular flexibility index (Phi) is 6.88. The Hall–Kier alpha value is -2.33. The van der Waals surface area contributed by atoms with Crippen molar-refractivity contribution >= 4 is 5.97 Å². The molecule has 4 nitrogen and oxygen atoms in total. The molecule has 1 N–H and O–H groups in total. The lowest BCUT2D eigenvalue weighted by Gasteiger charge is -2.32. The third kappa shape index (κ3) is 5.83. The van der Waals surface area contributed by atoms with Crippen LogP contribution in [-0.4, -0.2) is 41.7 Å². The number of aliphatic carboxylic acids is 1. The molecule has 2 aromatic rings. The fourth-order valence-electron chi connectivity index (χ4n) is 3.61. The smallest absolute Gasteiger partial charge is 0.306 e. The Morgan fingerprint density at radius 2 is 1.70 bits per heavy atom. The van der Waals surface area contributed by atoms with Crippen molar-refractivity contribution in [1.29, 1.82) is 0 Å². The Labute approximate surface area is 161 Å². The summed E-state index contributed by atoms with van der Waals surface area (Å²) in [6, 6.07) is 18.8. The lowest BCUT2D eigenvalue weighted by Crippen LogP contribution is -2.41. The summed E-state index contributed by atoms with van der Waals surface area (Å²) in [6.07, 6.45) is 3.47. The predicted octanol–water partition coefficient (Wildman–Crippen LogP) is 4.23. The van der Waals surface area contributed by atoms with Crippen LogP contribution in [0, 0.1) is 5.92 Å². The number of carbonyl (C=O) groups is 1. The van der Waals surface area contributed by atoms with Gasteiger partial charge in [-0.2, -0.15) is 0 Å². The highest BCUT2D eigenvalue weighted by molar-refractivity contribution is 5.70. The number of likely N-dealkylation sites (tertiary alicyclic amines) is 1. The van der Waals surface area contributed by atoms with Crippen LogP contribution in [0.1, 0.15) is 37.3 Å². The molecule has 1 heterocycles. The van der Waals surface area contributed by atoms with Crippen molar-refractivity contribution in [2.75, 3.05) is 19.6 Å². The van der Waals surface area contributed by atoms with E-state index in [1.54, 1.807) is 0 Å². The topological polar surface area (TPSA) is 49.8 Å². The van der Waals surface area contributed by atoms with Crippen LogP contribution in [0.25, 0.3) is 0 Å². The molecule has 2 aromatic carbocycles. The molecule has 0 amide bonds. The van der Waals surface area contributed by atoms with Gasteiger partial charge in [0.05, 0.1) is 5.92 Å². The molecule has 1 saturated heterocycles. The van der Waals surface area contributed by atoms with Gasteiger partial charge >= 0.3 is 5.97 Å². The van der Waals surface area contributed by atoms with Crippen molar-refractivity contribution in [3.8, 4) is 5.75 Å². The minimum atomic E-state index is -0.659. The van der Waals surface area contributed by atoms with Crippen LogP contribution in [0.15, 0.2) is 54.6 Å². The van der Waals surface area contributed by atoms with Crippen molar-refractivity contribution in [2.24, 2.45) is 5.92 Å². The van der Waals surface area contributed by atoms with E-state index in [9.17, 15) is 4.79 Å². The van der Waals surface area contributed by atoms with E-state index in [1.807, 2.05) is 6.07 Å². The quantitative estimate of drug-likeness (QED) is 0.758. The van der Waals surface area contributed by atoms with Crippen LogP contribution in [0.5, 0.6) is 5.75 Å². The Morgan fingerprint density at radius 3 is 2.30 bits per heavy atom. The molecule has 1 atom stereocenters. The Morgan fingerprint density at radius 1 is 1.07 bits per heavy atom. The number of nitrogens with zero attached hydrogens (tertiary/aromatic N) is 1. The maximum Gasteiger partial charge on any atom is 0.306 e. The van der Waals surface area contributed by atoms with E-state index in [4.69, 9.17) is 9.84 Å². The molecule has 0 aromatic heterocycles. The minimum absolute atomic E-state index is 0.131. The molecule has 3 rings (SSSR count). The monoisotopic (exact) mass is 367 g/mol. The lowest BCUT2D eigenvalue weighted by molar-refractivity contribution is -0.143. The van der Waals surface area contributed by atoms with E-state index in [1.165, 1.54) is 11.1 Å². The van der Waals surface area contributed by atoms with Crippen LogP contribution >= 0.6 is 0 Å². The first-order chi connectivity index (χ1) is 13.1. The molecule has 0 radical (unpaired) electrons. The maximum absolute atomic E-state index is 11.1. The molecular formula is C23H29NO3. The summed E-state index contributed by atoms with van der Waals surface area (Å²) in [5, 5.41) is 9.12. The summed E-state index contributed by atoms with van der Waals surface area (Å²) < 4.78 is 6.19. The van der Waals surface area contributed by atoms with Crippen LogP contribution < -0.4 is 4.74 Å². The van der Waals surface area contributed by atoms with Crippen molar-refractivity contribution < 1.29 is 14.6 Å². The highest BCUT2D eigenvalue weighted by Crippen LogP contribution is 2.20. The van der Waals surface area contributed by atoms with Gasteiger partial charge in [-0.05, 0) is 62.0 Å². The molecule has 1 aliphatic heterocycles. The van der Waals surface area contributed by atoms with Crippen LogP contribution in [0.2, 0.25) is 0 Å². The SMILES string of the molecule is CCC(CN1CCC(C(=O)O)CC1)Oc1ccc(Cc2ccccc2)cc1. The first-order valence-electron chi connectivity index (χ1n) is 9.88. The second-order valence-corrected chi connectivity index (χ2v) is 7.37. The number of hydrogen-bond acceptors (Lipinski definition) is 3. The molecule has 144 valence electrons. The number of carboxylic acid groups (broad SMARTS) is 1. The van der Waals surface area contributed by atoms with Crippen molar-refractivity contribution in [3.05, 3.63) is 65.7 Å². The van der Waals surface area contributed by atoms with Gasteiger partial charge in [0.2, 0.25) is 0 Å². The molecule has 1 aliphatic rings. The van der Waals surface area contributed by atoms with Crippen molar-refractivity contribution in [2.45, 2.75) is 38.7 Å². The van der Waals surface area contributed by atoms with Crippen LogP contribution in [0.3, 0.4) is 0 Å². The van der Waals surface area contributed by atoms with Gasteiger partial charge in [-0.25, -0.2) is 0 Å². The fourth-order valence-corrected chi connectivity index (χ4v) is 3.61. The number of carboxylic acids is 1. The summed E-state index contributed by atoms with van der Waals surface area (Å²) in [6.45, 7) is 4.67. The zero-order valence-corrected chi connectivity index (χ0v) is 16.0. The standard InChI is InChI=1S/C23H29NO3/c1-2-21(17-24-14-12-20(13-15-24)23(25)26)27-22-10-8-19(9-11-22)16-18-6-4-3-5-7-18/h3-11,20-21H,2,12-17H2,1H3,(H,25,26). The van der Waals surface area contributed by atoms with E-state index >= 15 is 0 Å². The van der Waals surface area contributed by atoms with Gasteiger partial charge in [-0.15, -0.1) is 0 Å². The average Bonchev–Trinajstić information content (AvgIpc) is 2.70. The number of piperidine rings is 1. The molecular weight excluding hydrogens is 338 g/mol. The molecule has 0 bridgehead atoms. The molecule has 4 heteroatoms. The summed E-state index contributed by atoms with van der Waals surface area (Å²) in [7, 11) is 0. The highest BCUT2D eigenvalue weighted by atomic mass is 16.5. The van der Waals surface area contributed by atoms with E-state index in [2.05, 4.69) is 60.4 Å². The van der Waals surface area contributed by atoms with E-state index in [0.29, 0.717) is 0 Å². The average molecular weight is 367 g/mol. The van der Waals surface area contributed by atoms with E-state index < -0.39 is 5.97 Å². The highest BCUT2D eigenvalue weighted by Gasteiger charge is 2.25. The van der Waals surface area contributed by atoms with Gasteiger partial charge < -0.3 is 9.84 Å². The van der Waals surface area contributed by atoms with Gasteiger partial charge in [-0.1, -0.05) is 49.4 Å². The van der Waals surface area contributed by atoms with Gasteiger partial charge in [0.1, 0.15) is 11.9 Å².